The zero-order chi connectivity index (χ0) is 13.9. The van der Waals surface area contributed by atoms with Crippen molar-refractivity contribution < 1.29 is 0 Å². The van der Waals surface area contributed by atoms with Crippen molar-refractivity contribution >= 4 is 5.69 Å². The van der Waals surface area contributed by atoms with Gasteiger partial charge in [-0.15, -0.1) is 0 Å². The molecule has 0 unspecified atom stereocenters. The molecule has 0 saturated carbocycles. The van der Waals surface area contributed by atoms with Gasteiger partial charge in [-0.05, 0) is 31.0 Å². The Labute approximate surface area is 120 Å². The van der Waals surface area contributed by atoms with E-state index in [1.165, 1.54) is 16.8 Å². The minimum Gasteiger partial charge on any atom is -0.369 e. The topological polar surface area (TPSA) is 35.2 Å². The quantitative estimate of drug-likeness (QED) is 0.930. The van der Waals surface area contributed by atoms with Crippen LogP contribution in [-0.4, -0.2) is 41.0 Å². The van der Waals surface area contributed by atoms with Gasteiger partial charge in [0.25, 0.3) is 0 Å². The maximum Gasteiger partial charge on any atom is 0.120 e. The number of imidazole rings is 1. The van der Waals surface area contributed by atoms with E-state index in [1.54, 1.807) is 0 Å². The third kappa shape index (κ3) is 2.85. The summed E-state index contributed by atoms with van der Waals surface area (Å²) in [5, 5.41) is 0. The molecule has 0 spiro atoms. The van der Waals surface area contributed by atoms with Crippen LogP contribution < -0.4 is 4.90 Å². The second-order valence-corrected chi connectivity index (χ2v) is 5.59. The van der Waals surface area contributed by atoms with Gasteiger partial charge in [-0.1, -0.05) is 12.1 Å². The van der Waals surface area contributed by atoms with Gasteiger partial charge >= 0.3 is 0 Å². The highest BCUT2D eigenvalue weighted by Gasteiger charge is 2.19. The molecule has 4 nitrogen and oxygen atoms in total. The zero-order valence-electron chi connectivity index (χ0n) is 12.3. The van der Waals surface area contributed by atoms with Gasteiger partial charge in [0.05, 0.1) is 6.54 Å². The number of H-pyrrole nitrogens is 1. The molecule has 1 aliphatic heterocycles. The first kappa shape index (κ1) is 13.2. The molecule has 2 heterocycles. The lowest BCUT2D eigenvalue weighted by Gasteiger charge is -2.36. The Morgan fingerprint density at radius 2 is 1.95 bits per heavy atom. The summed E-state index contributed by atoms with van der Waals surface area (Å²) in [5.74, 6) is 1.06. The van der Waals surface area contributed by atoms with Crippen molar-refractivity contribution in [3.05, 3.63) is 47.5 Å². The Bertz CT molecular complexity index is 554. The highest BCUT2D eigenvalue weighted by atomic mass is 15.3. The van der Waals surface area contributed by atoms with E-state index >= 15 is 0 Å². The number of aromatic amines is 1. The van der Waals surface area contributed by atoms with Crippen LogP contribution >= 0.6 is 0 Å². The van der Waals surface area contributed by atoms with E-state index in [0.717, 1.165) is 38.5 Å². The zero-order valence-corrected chi connectivity index (χ0v) is 12.3. The molecule has 1 aliphatic rings. The predicted octanol–water partition coefficient (Wildman–Crippen LogP) is 2.35. The Hall–Kier alpha value is -1.81. The molecule has 0 aliphatic carbocycles. The molecule has 4 heteroatoms. The fraction of sp³-hybridized carbons (Fsp3) is 0.438. The number of aromatic nitrogens is 2. The van der Waals surface area contributed by atoms with Gasteiger partial charge < -0.3 is 9.88 Å². The largest absolute Gasteiger partial charge is 0.369 e. The maximum atomic E-state index is 4.30. The molecule has 1 aromatic heterocycles. The van der Waals surface area contributed by atoms with Crippen LogP contribution in [0.1, 0.15) is 17.0 Å². The van der Waals surface area contributed by atoms with Crippen LogP contribution in [0.4, 0.5) is 5.69 Å². The van der Waals surface area contributed by atoms with Crippen molar-refractivity contribution in [2.75, 3.05) is 31.1 Å². The number of nitrogens with zero attached hydrogens (tertiary/aromatic N) is 3. The van der Waals surface area contributed by atoms with Crippen molar-refractivity contribution in [1.82, 2.24) is 14.9 Å². The molecule has 3 rings (SSSR count). The lowest BCUT2D eigenvalue weighted by molar-refractivity contribution is 0.244. The molecular weight excluding hydrogens is 248 g/mol. The van der Waals surface area contributed by atoms with Gasteiger partial charge in [0, 0.05) is 44.3 Å². The van der Waals surface area contributed by atoms with Crippen LogP contribution in [0.25, 0.3) is 0 Å². The Balaban J connectivity index is 1.62. The van der Waals surface area contributed by atoms with E-state index in [2.05, 4.69) is 51.8 Å². The fourth-order valence-electron chi connectivity index (χ4n) is 2.80. The summed E-state index contributed by atoms with van der Waals surface area (Å²) in [6, 6.07) is 6.71. The van der Waals surface area contributed by atoms with Crippen molar-refractivity contribution in [3.63, 3.8) is 0 Å². The highest BCUT2D eigenvalue weighted by Crippen LogP contribution is 2.23. The highest BCUT2D eigenvalue weighted by molar-refractivity contribution is 5.55. The molecule has 20 heavy (non-hydrogen) atoms. The molecule has 0 atom stereocenters. The molecule has 106 valence electrons. The number of piperazine rings is 1. The molecule has 2 aromatic rings. The monoisotopic (exact) mass is 270 g/mol. The van der Waals surface area contributed by atoms with Gasteiger partial charge in [0.1, 0.15) is 5.82 Å². The summed E-state index contributed by atoms with van der Waals surface area (Å²) in [4.78, 5) is 12.4. The van der Waals surface area contributed by atoms with E-state index in [4.69, 9.17) is 0 Å². The SMILES string of the molecule is Cc1ccc(C)c(N2CCN(Cc3ncc[nH]3)CC2)c1. The van der Waals surface area contributed by atoms with Crippen molar-refractivity contribution in [2.24, 2.45) is 0 Å². The van der Waals surface area contributed by atoms with Crippen molar-refractivity contribution in [1.29, 1.82) is 0 Å². The minimum atomic E-state index is 0.924. The molecule has 0 amide bonds. The first-order valence-corrected chi connectivity index (χ1v) is 7.25. The second-order valence-electron chi connectivity index (χ2n) is 5.59. The van der Waals surface area contributed by atoms with Gasteiger partial charge in [-0.3, -0.25) is 4.90 Å². The minimum absolute atomic E-state index is 0.924. The van der Waals surface area contributed by atoms with E-state index in [-0.39, 0.29) is 0 Å². The normalized spacial score (nSPS) is 16.6. The lowest BCUT2D eigenvalue weighted by Crippen LogP contribution is -2.46. The lowest BCUT2D eigenvalue weighted by atomic mass is 10.1. The number of hydrogen-bond acceptors (Lipinski definition) is 3. The van der Waals surface area contributed by atoms with Gasteiger partial charge in [-0.2, -0.15) is 0 Å². The van der Waals surface area contributed by atoms with Crippen molar-refractivity contribution in [2.45, 2.75) is 20.4 Å². The van der Waals surface area contributed by atoms with Crippen LogP contribution in [0.3, 0.4) is 0 Å². The summed E-state index contributed by atoms with van der Waals surface area (Å²) in [7, 11) is 0. The molecule has 1 N–H and O–H groups in total. The molecule has 1 aromatic carbocycles. The van der Waals surface area contributed by atoms with Gasteiger partial charge in [0.2, 0.25) is 0 Å². The molecule has 0 radical (unpaired) electrons. The summed E-state index contributed by atoms with van der Waals surface area (Å²) in [5.41, 5.74) is 4.10. The third-order valence-electron chi connectivity index (χ3n) is 4.01. The van der Waals surface area contributed by atoms with E-state index < -0.39 is 0 Å². The Morgan fingerprint density at radius 3 is 2.65 bits per heavy atom. The Kier molecular flexibility index (Phi) is 3.74. The number of nitrogens with one attached hydrogen (secondary N) is 1. The second kappa shape index (κ2) is 5.67. The standard InChI is InChI=1S/C16H22N4/c1-13-3-4-14(2)15(11-13)20-9-7-19(8-10-20)12-16-17-5-6-18-16/h3-6,11H,7-10,12H2,1-2H3,(H,17,18). The van der Waals surface area contributed by atoms with E-state index in [0.29, 0.717) is 0 Å². The Morgan fingerprint density at radius 1 is 1.15 bits per heavy atom. The molecule has 0 bridgehead atoms. The summed E-state index contributed by atoms with van der Waals surface area (Å²) in [6.07, 6.45) is 3.71. The average molecular weight is 270 g/mol. The molecule has 1 saturated heterocycles. The average Bonchev–Trinajstić information content (AvgIpc) is 2.95. The predicted molar refractivity (Wildman–Crippen MR) is 82.0 cm³/mol. The van der Waals surface area contributed by atoms with E-state index in [9.17, 15) is 0 Å². The maximum absolute atomic E-state index is 4.30. The number of hydrogen-bond donors (Lipinski definition) is 1. The van der Waals surface area contributed by atoms with Crippen LogP contribution in [0.5, 0.6) is 0 Å². The summed E-state index contributed by atoms with van der Waals surface area (Å²) >= 11 is 0. The summed E-state index contributed by atoms with van der Waals surface area (Å²) in [6.45, 7) is 9.64. The molecular formula is C16H22N4. The fourth-order valence-corrected chi connectivity index (χ4v) is 2.80. The van der Waals surface area contributed by atoms with E-state index in [1.807, 2.05) is 12.4 Å². The third-order valence-corrected chi connectivity index (χ3v) is 4.01. The number of benzene rings is 1. The van der Waals surface area contributed by atoms with Crippen LogP contribution in [0.2, 0.25) is 0 Å². The smallest absolute Gasteiger partial charge is 0.120 e. The number of anilines is 1. The number of rotatable bonds is 3. The molecule has 1 fully saturated rings. The van der Waals surface area contributed by atoms with Crippen LogP contribution in [0.15, 0.2) is 30.6 Å². The first-order chi connectivity index (χ1) is 9.72. The van der Waals surface area contributed by atoms with Crippen LogP contribution in [-0.2, 0) is 6.54 Å². The van der Waals surface area contributed by atoms with Gasteiger partial charge in [0.15, 0.2) is 0 Å². The first-order valence-electron chi connectivity index (χ1n) is 7.25. The summed E-state index contributed by atoms with van der Waals surface area (Å²) < 4.78 is 0. The number of aryl methyl sites for hydroxylation is 2. The van der Waals surface area contributed by atoms with Gasteiger partial charge in [-0.25, -0.2) is 4.98 Å². The van der Waals surface area contributed by atoms with Crippen LogP contribution in [0, 0.1) is 13.8 Å². The van der Waals surface area contributed by atoms with Crippen molar-refractivity contribution in [3.8, 4) is 0 Å².